The molecule has 3 aliphatic rings. The third kappa shape index (κ3) is 4.24. The summed E-state index contributed by atoms with van der Waals surface area (Å²) in [6, 6.07) is 11.8. The number of hydrogen-bond donors (Lipinski definition) is 2. The zero-order valence-corrected chi connectivity index (χ0v) is 19.4. The average Bonchev–Trinajstić information content (AvgIpc) is 3.12. The summed E-state index contributed by atoms with van der Waals surface area (Å²) in [5.74, 6) is 0.530. The van der Waals surface area contributed by atoms with Crippen LogP contribution in [0.15, 0.2) is 36.4 Å². The monoisotopic (exact) mass is 471 g/mol. The van der Waals surface area contributed by atoms with Gasteiger partial charge in [-0.3, -0.25) is 24.7 Å². The summed E-state index contributed by atoms with van der Waals surface area (Å²) < 4.78 is 0. The fourth-order valence-electron chi connectivity index (χ4n) is 4.91. The highest BCUT2D eigenvalue weighted by Crippen LogP contribution is 2.40. The second kappa shape index (κ2) is 9.02. The molecule has 5 rings (SSSR count). The van der Waals surface area contributed by atoms with Crippen LogP contribution < -0.4 is 10.2 Å². The van der Waals surface area contributed by atoms with E-state index in [4.69, 9.17) is 24.2 Å². The van der Waals surface area contributed by atoms with Gasteiger partial charge in [-0.1, -0.05) is 35.9 Å². The molecule has 2 saturated heterocycles. The quantitative estimate of drug-likeness (QED) is 0.406. The molecule has 0 spiro atoms. The van der Waals surface area contributed by atoms with E-state index < -0.39 is 0 Å². The number of aromatic nitrogens is 1. The van der Waals surface area contributed by atoms with Crippen molar-refractivity contribution in [2.24, 2.45) is 0 Å². The van der Waals surface area contributed by atoms with Crippen molar-refractivity contribution in [3.05, 3.63) is 58.2 Å². The Morgan fingerprint density at radius 3 is 2.62 bits per heavy atom. The standard InChI is InChI=1S/C23H26ClN5O2S/c24-19-5-2-6-20(25-19)28-11-9-27(10-12-28)13-15-3-1-4-16-17(15)14-29(23(16)32)18-7-8-21(30)26-22(18)31/h1-6,18,23,32H,7-14H2,(H,26,30,31). The number of fused-ring (bicyclic) bond motifs is 1. The molecule has 0 bridgehead atoms. The highest BCUT2D eigenvalue weighted by Gasteiger charge is 2.39. The maximum Gasteiger partial charge on any atom is 0.243 e. The van der Waals surface area contributed by atoms with Gasteiger partial charge in [0, 0.05) is 45.7 Å². The van der Waals surface area contributed by atoms with E-state index >= 15 is 0 Å². The number of imide groups is 1. The molecule has 2 amide bonds. The number of amides is 2. The number of nitrogens with one attached hydrogen (secondary N) is 1. The van der Waals surface area contributed by atoms with Crippen molar-refractivity contribution in [3.8, 4) is 0 Å². The number of benzene rings is 1. The number of thiol groups is 1. The Hall–Kier alpha value is -2.13. The maximum absolute atomic E-state index is 12.4. The second-order valence-electron chi connectivity index (χ2n) is 8.58. The third-order valence-corrected chi connectivity index (χ3v) is 7.43. The van der Waals surface area contributed by atoms with E-state index in [1.807, 2.05) is 12.1 Å². The van der Waals surface area contributed by atoms with Crippen molar-refractivity contribution < 1.29 is 9.59 Å². The second-order valence-corrected chi connectivity index (χ2v) is 9.46. The van der Waals surface area contributed by atoms with E-state index in [1.165, 1.54) is 11.1 Å². The zero-order valence-electron chi connectivity index (χ0n) is 17.7. The normalized spacial score (nSPS) is 24.5. The number of carbonyl (C=O) groups is 2. The summed E-state index contributed by atoms with van der Waals surface area (Å²) in [6.45, 7) is 5.24. The summed E-state index contributed by atoms with van der Waals surface area (Å²) in [7, 11) is 0. The molecule has 1 aromatic heterocycles. The Morgan fingerprint density at radius 1 is 1.09 bits per heavy atom. The van der Waals surface area contributed by atoms with Gasteiger partial charge in [0.15, 0.2) is 0 Å². The molecule has 0 saturated carbocycles. The largest absolute Gasteiger partial charge is 0.354 e. The number of piperidine rings is 1. The number of pyridine rings is 1. The molecule has 2 fully saturated rings. The fraction of sp³-hybridized carbons (Fsp3) is 0.435. The van der Waals surface area contributed by atoms with Gasteiger partial charge in [0.05, 0.1) is 11.4 Å². The van der Waals surface area contributed by atoms with Crippen molar-refractivity contribution in [3.63, 3.8) is 0 Å². The first-order valence-electron chi connectivity index (χ1n) is 11.0. The summed E-state index contributed by atoms with van der Waals surface area (Å²) in [4.78, 5) is 35.2. The molecule has 3 aliphatic heterocycles. The van der Waals surface area contributed by atoms with E-state index in [1.54, 1.807) is 6.07 Å². The summed E-state index contributed by atoms with van der Waals surface area (Å²) in [5, 5.41) is 2.86. The highest BCUT2D eigenvalue weighted by atomic mass is 35.5. The molecular formula is C23H26ClN5O2S. The van der Waals surface area contributed by atoms with Crippen LogP contribution in [0.4, 0.5) is 5.82 Å². The molecule has 7 nitrogen and oxygen atoms in total. The molecule has 168 valence electrons. The number of piperazine rings is 1. The lowest BCUT2D eigenvalue weighted by Gasteiger charge is -2.35. The first-order chi connectivity index (χ1) is 15.5. The molecule has 9 heteroatoms. The Balaban J connectivity index is 1.26. The number of hydrogen-bond acceptors (Lipinski definition) is 7. The molecule has 4 heterocycles. The highest BCUT2D eigenvalue weighted by molar-refractivity contribution is 7.80. The van der Waals surface area contributed by atoms with Crippen LogP contribution in [-0.4, -0.2) is 58.8 Å². The van der Waals surface area contributed by atoms with E-state index in [-0.39, 0.29) is 23.2 Å². The van der Waals surface area contributed by atoms with Crippen LogP contribution in [0.25, 0.3) is 0 Å². The van der Waals surface area contributed by atoms with Gasteiger partial charge in [0.1, 0.15) is 11.0 Å². The van der Waals surface area contributed by atoms with E-state index in [2.05, 4.69) is 43.2 Å². The predicted octanol–water partition coefficient (Wildman–Crippen LogP) is 2.61. The van der Waals surface area contributed by atoms with Crippen LogP contribution in [0.5, 0.6) is 0 Å². The Morgan fingerprint density at radius 2 is 1.88 bits per heavy atom. The maximum atomic E-state index is 12.4. The molecule has 2 aromatic rings. The van der Waals surface area contributed by atoms with Gasteiger partial charge in [-0.25, -0.2) is 4.98 Å². The lowest BCUT2D eigenvalue weighted by atomic mass is 10.0. The summed E-state index contributed by atoms with van der Waals surface area (Å²) in [5.41, 5.74) is 3.71. The molecule has 2 unspecified atom stereocenters. The number of nitrogens with zero attached hydrogens (tertiary/aromatic N) is 4. The summed E-state index contributed by atoms with van der Waals surface area (Å²) in [6.07, 6.45) is 0.924. The molecule has 1 N–H and O–H groups in total. The first kappa shape index (κ1) is 21.7. The molecule has 0 aliphatic carbocycles. The van der Waals surface area contributed by atoms with Crippen molar-refractivity contribution in [1.29, 1.82) is 0 Å². The van der Waals surface area contributed by atoms with Gasteiger partial charge < -0.3 is 4.90 Å². The van der Waals surface area contributed by atoms with E-state index in [9.17, 15) is 9.59 Å². The van der Waals surface area contributed by atoms with Crippen LogP contribution in [0.2, 0.25) is 5.15 Å². The van der Waals surface area contributed by atoms with Crippen molar-refractivity contribution >= 4 is 41.9 Å². The van der Waals surface area contributed by atoms with Crippen molar-refractivity contribution in [2.45, 2.75) is 37.3 Å². The smallest absolute Gasteiger partial charge is 0.243 e. The lowest BCUT2D eigenvalue weighted by molar-refractivity contribution is -0.137. The first-order valence-corrected chi connectivity index (χ1v) is 11.9. The number of anilines is 1. The minimum atomic E-state index is -0.316. The SMILES string of the molecule is O=C1CCC(N2Cc3c(CN4CCN(c5cccc(Cl)n5)CC4)cccc3C2S)C(=O)N1. The van der Waals surface area contributed by atoms with Crippen LogP contribution in [0.1, 0.15) is 34.9 Å². The lowest BCUT2D eigenvalue weighted by Crippen LogP contribution is -2.51. The van der Waals surface area contributed by atoms with Gasteiger partial charge in [-0.05, 0) is 35.2 Å². The molecule has 2 atom stereocenters. The topological polar surface area (TPSA) is 68.8 Å². The van der Waals surface area contributed by atoms with E-state index in [0.717, 1.165) is 44.1 Å². The van der Waals surface area contributed by atoms with Gasteiger partial charge in [0.2, 0.25) is 11.8 Å². The van der Waals surface area contributed by atoms with Gasteiger partial charge in [-0.15, -0.1) is 0 Å². The van der Waals surface area contributed by atoms with Crippen LogP contribution >= 0.6 is 24.2 Å². The predicted molar refractivity (Wildman–Crippen MR) is 127 cm³/mol. The Labute approximate surface area is 198 Å². The number of carbonyl (C=O) groups excluding carboxylic acids is 2. The fourth-order valence-corrected chi connectivity index (χ4v) is 5.56. The van der Waals surface area contributed by atoms with Crippen molar-refractivity contribution in [1.82, 2.24) is 20.1 Å². The minimum absolute atomic E-state index is 0.139. The molecule has 32 heavy (non-hydrogen) atoms. The number of rotatable bonds is 4. The van der Waals surface area contributed by atoms with Crippen LogP contribution in [-0.2, 0) is 22.7 Å². The zero-order chi connectivity index (χ0) is 22.2. The molecular weight excluding hydrogens is 446 g/mol. The Bertz CT molecular complexity index is 1040. The van der Waals surface area contributed by atoms with E-state index in [0.29, 0.717) is 24.5 Å². The van der Waals surface area contributed by atoms with Gasteiger partial charge in [0.25, 0.3) is 0 Å². The minimum Gasteiger partial charge on any atom is -0.354 e. The van der Waals surface area contributed by atoms with Gasteiger partial charge in [-0.2, -0.15) is 12.6 Å². The summed E-state index contributed by atoms with van der Waals surface area (Å²) >= 11 is 10.9. The Kier molecular flexibility index (Phi) is 6.11. The van der Waals surface area contributed by atoms with Gasteiger partial charge >= 0.3 is 0 Å². The van der Waals surface area contributed by atoms with Crippen molar-refractivity contribution in [2.75, 3.05) is 31.1 Å². The van der Waals surface area contributed by atoms with Crippen LogP contribution in [0.3, 0.4) is 0 Å². The van der Waals surface area contributed by atoms with Crippen LogP contribution in [0, 0.1) is 0 Å². The molecule has 1 aromatic carbocycles. The third-order valence-electron chi connectivity index (χ3n) is 6.64. The molecule has 0 radical (unpaired) electrons. The number of halogens is 1. The average molecular weight is 472 g/mol.